The van der Waals surface area contributed by atoms with Crippen molar-refractivity contribution in [3.63, 3.8) is 0 Å². The Bertz CT molecular complexity index is 721. The first-order valence-electron chi connectivity index (χ1n) is 9.22. The van der Waals surface area contributed by atoms with Gasteiger partial charge in [0, 0.05) is 32.6 Å². The Balaban J connectivity index is 0.00000364. The molecule has 0 spiro atoms. The zero-order valence-corrected chi connectivity index (χ0v) is 19.9. The van der Waals surface area contributed by atoms with Crippen molar-refractivity contribution >= 4 is 58.4 Å². The van der Waals surface area contributed by atoms with Crippen LogP contribution in [0.2, 0.25) is 0 Å². The van der Waals surface area contributed by atoms with Gasteiger partial charge in [0.2, 0.25) is 0 Å². The van der Waals surface area contributed by atoms with E-state index in [0.717, 1.165) is 42.2 Å². The standard InChI is InChI=1S/C20H31N5S.HI/c1-5-21-20(22-12-8-9-13-26-4)23-15-16-14-19(25(2)3)24-18-11-7-6-10-17(16)18;/h6-7,10-11,14H,5,8-9,12-13,15H2,1-4H3,(H2,21,22,23);1H. The van der Waals surface area contributed by atoms with Gasteiger partial charge in [-0.1, -0.05) is 18.2 Å². The van der Waals surface area contributed by atoms with E-state index < -0.39 is 0 Å². The Labute approximate surface area is 184 Å². The number of guanidine groups is 1. The van der Waals surface area contributed by atoms with Gasteiger partial charge in [-0.15, -0.1) is 24.0 Å². The van der Waals surface area contributed by atoms with Gasteiger partial charge in [-0.05, 0) is 49.5 Å². The number of aromatic nitrogens is 1. The normalized spacial score (nSPS) is 11.2. The summed E-state index contributed by atoms with van der Waals surface area (Å²) in [6.45, 7) is 4.53. The first kappa shape index (κ1) is 23.8. The molecule has 0 atom stereocenters. The van der Waals surface area contributed by atoms with Gasteiger partial charge < -0.3 is 15.5 Å². The van der Waals surface area contributed by atoms with E-state index >= 15 is 0 Å². The van der Waals surface area contributed by atoms with Crippen LogP contribution in [0.15, 0.2) is 35.3 Å². The van der Waals surface area contributed by atoms with E-state index in [0.29, 0.717) is 6.54 Å². The molecule has 1 heterocycles. The number of aliphatic imine (C=N–C) groups is 1. The number of thioether (sulfide) groups is 1. The van der Waals surface area contributed by atoms with Crippen LogP contribution in [0.4, 0.5) is 5.82 Å². The number of fused-ring (bicyclic) bond motifs is 1. The molecule has 2 N–H and O–H groups in total. The second-order valence-corrected chi connectivity index (χ2v) is 7.36. The minimum absolute atomic E-state index is 0. The highest BCUT2D eigenvalue weighted by Crippen LogP contribution is 2.22. The second-order valence-electron chi connectivity index (χ2n) is 6.37. The quantitative estimate of drug-likeness (QED) is 0.234. The number of anilines is 1. The van der Waals surface area contributed by atoms with Gasteiger partial charge >= 0.3 is 0 Å². The van der Waals surface area contributed by atoms with Crippen molar-refractivity contribution in [1.82, 2.24) is 15.6 Å². The van der Waals surface area contributed by atoms with Crippen LogP contribution < -0.4 is 15.5 Å². The first-order valence-corrected chi connectivity index (χ1v) is 10.6. The molecule has 0 amide bonds. The van der Waals surface area contributed by atoms with Crippen LogP contribution >= 0.6 is 35.7 Å². The van der Waals surface area contributed by atoms with Crippen LogP contribution in [0.1, 0.15) is 25.3 Å². The van der Waals surface area contributed by atoms with Crippen molar-refractivity contribution in [1.29, 1.82) is 0 Å². The number of nitrogens with zero attached hydrogens (tertiary/aromatic N) is 3. The van der Waals surface area contributed by atoms with E-state index in [-0.39, 0.29) is 24.0 Å². The molecule has 0 saturated heterocycles. The molecule has 5 nitrogen and oxygen atoms in total. The van der Waals surface area contributed by atoms with E-state index in [4.69, 9.17) is 9.98 Å². The smallest absolute Gasteiger partial charge is 0.191 e. The molecule has 0 bridgehead atoms. The fraction of sp³-hybridized carbons (Fsp3) is 0.500. The summed E-state index contributed by atoms with van der Waals surface area (Å²) >= 11 is 1.90. The third-order valence-electron chi connectivity index (χ3n) is 4.07. The Hall–Kier alpha value is -1.22. The number of pyridine rings is 1. The van der Waals surface area contributed by atoms with Crippen molar-refractivity contribution < 1.29 is 0 Å². The molecule has 150 valence electrons. The highest BCUT2D eigenvalue weighted by atomic mass is 127. The van der Waals surface area contributed by atoms with Crippen molar-refractivity contribution in [3.8, 4) is 0 Å². The van der Waals surface area contributed by atoms with E-state index in [1.807, 2.05) is 36.8 Å². The average Bonchev–Trinajstić information content (AvgIpc) is 2.65. The fourth-order valence-electron chi connectivity index (χ4n) is 2.68. The molecule has 0 radical (unpaired) electrons. The Morgan fingerprint density at radius 2 is 1.96 bits per heavy atom. The van der Waals surface area contributed by atoms with Crippen LogP contribution in [0.25, 0.3) is 10.9 Å². The van der Waals surface area contributed by atoms with Crippen LogP contribution in [-0.2, 0) is 6.54 Å². The summed E-state index contributed by atoms with van der Waals surface area (Å²) in [5, 5.41) is 7.94. The molecule has 0 unspecified atom stereocenters. The van der Waals surface area contributed by atoms with Gasteiger partial charge in [0.15, 0.2) is 5.96 Å². The van der Waals surface area contributed by atoms with E-state index in [1.54, 1.807) is 0 Å². The maximum atomic E-state index is 4.80. The third kappa shape index (κ3) is 7.73. The Kier molecular flexibility index (Phi) is 11.5. The van der Waals surface area contributed by atoms with Crippen LogP contribution in [0.3, 0.4) is 0 Å². The summed E-state index contributed by atoms with van der Waals surface area (Å²) in [6, 6.07) is 10.4. The lowest BCUT2D eigenvalue weighted by molar-refractivity contribution is 0.734. The average molecular weight is 501 g/mol. The second kappa shape index (κ2) is 13.0. The number of benzene rings is 1. The van der Waals surface area contributed by atoms with Gasteiger partial charge in [-0.25, -0.2) is 9.98 Å². The van der Waals surface area contributed by atoms with Crippen LogP contribution in [0, 0.1) is 0 Å². The summed E-state index contributed by atoms with van der Waals surface area (Å²) < 4.78 is 0. The van der Waals surface area contributed by atoms with E-state index in [1.165, 1.54) is 17.7 Å². The van der Waals surface area contributed by atoms with Crippen molar-refractivity contribution in [2.24, 2.45) is 4.99 Å². The van der Waals surface area contributed by atoms with E-state index in [9.17, 15) is 0 Å². The highest BCUT2D eigenvalue weighted by molar-refractivity contribution is 14.0. The predicted octanol–water partition coefficient (Wildman–Crippen LogP) is 4.12. The minimum Gasteiger partial charge on any atom is -0.363 e. The molecule has 0 fully saturated rings. The van der Waals surface area contributed by atoms with Gasteiger partial charge in [0.05, 0.1) is 12.1 Å². The number of hydrogen-bond acceptors (Lipinski definition) is 4. The summed E-state index contributed by atoms with van der Waals surface area (Å²) in [5.41, 5.74) is 2.21. The van der Waals surface area contributed by atoms with Crippen LogP contribution in [-0.4, -0.2) is 50.1 Å². The molecular weight excluding hydrogens is 469 g/mol. The van der Waals surface area contributed by atoms with Gasteiger partial charge in [0.1, 0.15) is 5.82 Å². The number of rotatable bonds is 9. The number of nitrogens with one attached hydrogen (secondary N) is 2. The van der Waals surface area contributed by atoms with E-state index in [2.05, 4.69) is 48.1 Å². The minimum atomic E-state index is 0. The molecular formula is C20H32IN5S. The van der Waals surface area contributed by atoms with Crippen LogP contribution in [0.5, 0.6) is 0 Å². The molecule has 0 aliphatic heterocycles. The SMILES string of the molecule is CCNC(=NCc1cc(N(C)C)nc2ccccc12)NCCCCSC.I. The van der Waals surface area contributed by atoms with Crippen molar-refractivity contribution in [2.45, 2.75) is 26.3 Å². The zero-order valence-electron chi connectivity index (χ0n) is 16.8. The summed E-state index contributed by atoms with van der Waals surface area (Å²) in [6.07, 6.45) is 4.54. The van der Waals surface area contributed by atoms with Gasteiger partial charge in [-0.2, -0.15) is 11.8 Å². The maximum Gasteiger partial charge on any atom is 0.191 e. The Morgan fingerprint density at radius 3 is 2.67 bits per heavy atom. The first-order chi connectivity index (χ1) is 12.7. The molecule has 2 aromatic rings. The molecule has 0 aliphatic rings. The lowest BCUT2D eigenvalue weighted by Crippen LogP contribution is -2.37. The largest absolute Gasteiger partial charge is 0.363 e. The summed E-state index contributed by atoms with van der Waals surface area (Å²) in [7, 11) is 4.04. The third-order valence-corrected chi connectivity index (χ3v) is 4.76. The predicted molar refractivity (Wildman–Crippen MR) is 132 cm³/mol. The lowest BCUT2D eigenvalue weighted by Gasteiger charge is -2.15. The van der Waals surface area contributed by atoms with Gasteiger partial charge in [-0.3, -0.25) is 0 Å². The number of halogens is 1. The molecule has 0 saturated carbocycles. The molecule has 27 heavy (non-hydrogen) atoms. The molecule has 2 rings (SSSR count). The van der Waals surface area contributed by atoms with Gasteiger partial charge in [0.25, 0.3) is 0 Å². The molecule has 7 heteroatoms. The fourth-order valence-corrected chi connectivity index (χ4v) is 3.17. The molecule has 0 aliphatic carbocycles. The molecule has 1 aromatic carbocycles. The van der Waals surface area contributed by atoms with Crippen molar-refractivity contribution in [2.75, 3.05) is 44.1 Å². The maximum absolute atomic E-state index is 4.80. The highest BCUT2D eigenvalue weighted by Gasteiger charge is 2.07. The number of para-hydroxylation sites is 1. The number of unbranched alkanes of at least 4 members (excludes halogenated alkanes) is 1. The topological polar surface area (TPSA) is 52.6 Å². The molecule has 1 aromatic heterocycles. The van der Waals surface area contributed by atoms with Crippen molar-refractivity contribution in [3.05, 3.63) is 35.9 Å². The Morgan fingerprint density at radius 1 is 1.19 bits per heavy atom. The summed E-state index contributed by atoms with van der Waals surface area (Å²) in [4.78, 5) is 11.6. The monoisotopic (exact) mass is 501 g/mol. The number of hydrogen-bond donors (Lipinski definition) is 2. The zero-order chi connectivity index (χ0) is 18.8. The summed E-state index contributed by atoms with van der Waals surface area (Å²) in [5.74, 6) is 3.05. The lowest BCUT2D eigenvalue weighted by atomic mass is 10.1.